The maximum absolute atomic E-state index is 5.93. The number of hydrogen-bond donors (Lipinski definition) is 0. The van der Waals surface area contributed by atoms with Crippen LogP contribution in [0, 0.1) is 6.92 Å². The average molecular weight is 224 g/mol. The minimum atomic E-state index is 0.362. The van der Waals surface area contributed by atoms with Crippen molar-refractivity contribution >= 4 is 11.6 Å². The second-order valence-electron chi connectivity index (χ2n) is 3.08. The van der Waals surface area contributed by atoms with E-state index < -0.39 is 0 Å². The summed E-state index contributed by atoms with van der Waals surface area (Å²) in [6.45, 7) is 2.15. The predicted octanol–water partition coefficient (Wildman–Crippen LogP) is 3.22. The summed E-state index contributed by atoms with van der Waals surface area (Å²) < 4.78 is 10.5. The highest BCUT2D eigenvalue weighted by molar-refractivity contribution is 6.32. The van der Waals surface area contributed by atoms with Crippen molar-refractivity contribution in [1.82, 2.24) is 4.98 Å². The molecule has 0 saturated heterocycles. The van der Waals surface area contributed by atoms with Crippen LogP contribution in [0.25, 0.3) is 0 Å². The Morgan fingerprint density at radius 2 is 2.20 bits per heavy atom. The van der Waals surface area contributed by atoms with Crippen molar-refractivity contribution in [3.05, 3.63) is 47.1 Å². The zero-order valence-corrected chi connectivity index (χ0v) is 8.99. The van der Waals surface area contributed by atoms with E-state index in [-0.39, 0.29) is 0 Å². The van der Waals surface area contributed by atoms with Gasteiger partial charge in [0.2, 0.25) is 0 Å². The van der Waals surface area contributed by atoms with Crippen LogP contribution in [0.15, 0.2) is 34.9 Å². The van der Waals surface area contributed by atoms with Crippen LogP contribution >= 0.6 is 11.6 Å². The molecular weight excluding hydrogens is 214 g/mol. The maximum Gasteiger partial charge on any atom is 0.191 e. The normalized spacial score (nSPS) is 10.3. The first-order valence-corrected chi connectivity index (χ1v) is 4.92. The number of aromatic nitrogens is 1. The van der Waals surface area contributed by atoms with E-state index in [1.165, 1.54) is 0 Å². The minimum absolute atomic E-state index is 0.362. The smallest absolute Gasteiger partial charge is 0.191 e. The summed E-state index contributed by atoms with van der Waals surface area (Å²) in [6, 6.07) is 7.32. The highest BCUT2D eigenvalue weighted by Crippen LogP contribution is 2.23. The number of rotatable bonds is 3. The summed E-state index contributed by atoms with van der Waals surface area (Å²) in [4.78, 5) is 4.12. The molecule has 1 heterocycles. The van der Waals surface area contributed by atoms with Crippen molar-refractivity contribution in [2.45, 2.75) is 13.5 Å². The second kappa shape index (κ2) is 4.36. The molecule has 0 radical (unpaired) electrons. The molecule has 0 N–H and O–H groups in total. The van der Waals surface area contributed by atoms with E-state index in [1.807, 2.05) is 18.2 Å². The van der Waals surface area contributed by atoms with Crippen LogP contribution in [0.1, 0.15) is 11.6 Å². The fourth-order valence-corrected chi connectivity index (χ4v) is 1.38. The number of oxazole rings is 1. The van der Waals surface area contributed by atoms with Gasteiger partial charge in [0.1, 0.15) is 24.3 Å². The molecule has 0 bridgehead atoms. The quantitative estimate of drug-likeness (QED) is 0.802. The van der Waals surface area contributed by atoms with Gasteiger partial charge in [-0.05, 0) is 12.1 Å². The van der Waals surface area contributed by atoms with Crippen molar-refractivity contribution in [3.8, 4) is 5.75 Å². The van der Waals surface area contributed by atoms with Gasteiger partial charge < -0.3 is 9.15 Å². The Balaban J connectivity index is 2.02. The van der Waals surface area contributed by atoms with Crippen LogP contribution in [-0.2, 0) is 6.61 Å². The number of para-hydroxylation sites is 1. The van der Waals surface area contributed by atoms with Gasteiger partial charge in [-0.2, -0.15) is 0 Å². The molecule has 1 aromatic carbocycles. The van der Waals surface area contributed by atoms with E-state index in [0.717, 1.165) is 5.69 Å². The topological polar surface area (TPSA) is 35.3 Å². The highest BCUT2D eigenvalue weighted by Gasteiger charge is 2.03. The van der Waals surface area contributed by atoms with Crippen molar-refractivity contribution in [1.29, 1.82) is 0 Å². The first-order valence-electron chi connectivity index (χ1n) is 4.54. The standard InChI is InChI=1S/C11H10ClNO2/c1-8-13-9(6-14-8)7-15-11-5-3-2-4-10(11)12/h2-6H,7H2,1H3. The summed E-state index contributed by atoms with van der Waals surface area (Å²) in [7, 11) is 0. The molecule has 15 heavy (non-hydrogen) atoms. The Bertz CT molecular complexity index is 453. The van der Waals surface area contributed by atoms with E-state index in [1.54, 1.807) is 19.3 Å². The molecule has 2 rings (SSSR count). The third kappa shape index (κ3) is 2.50. The lowest BCUT2D eigenvalue weighted by atomic mass is 10.3. The summed E-state index contributed by atoms with van der Waals surface area (Å²) in [5.41, 5.74) is 0.757. The van der Waals surface area contributed by atoms with Crippen LogP contribution < -0.4 is 4.74 Å². The van der Waals surface area contributed by atoms with Crippen molar-refractivity contribution < 1.29 is 9.15 Å². The van der Waals surface area contributed by atoms with E-state index >= 15 is 0 Å². The van der Waals surface area contributed by atoms with Crippen LogP contribution in [0.2, 0.25) is 5.02 Å². The molecule has 0 unspecified atom stereocenters. The summed E-state index contributed by atoms with van der Waals surface area (Å²) in [6.07, 6.45) is 1.58. The van der Waals surface area contributed by atoms with E-state index in [0.29, 0.717) is 23.3 Å². The summed E-state index contributed by atoms with van der Waals surface area (Å²) in [5.74, 6) is 1.28. The van der Waals surface area contributed by atoms with Gasteiger partial charge >= 0.3 is 0 Å². The Morgan fingerprint density at radius 1 is 1.40 bits per heavy atom. The second-order valence-corrected chi connectivity index (χ2v) is 3.48. The monoisotopic (exact) mass is 223 g/mol. The zero-order valence-electron chi connectivity index (χ0n) is 8.24. The number of ether oxygens (including phenoxy) is 1. The molecule has 3 nitrogen and oxygen atoms in total. The average Bonchev–Trinajstić information content (AvgIpc) is 2.63. The van der Waals surface area contributed by atoms with Crippen LogP contribution in [0.4, 0.5) is 0 Å². The largest absolute Gasteiger partial charge is 0.486 e. The molecule has 0 fully saturated rings. The Morgan fingerprint density at radius 3 is 2.87 bits per heavy atom. The van der Waals surface area contributed by atoms with Gasteiger partial charge in [-0.1, -0.05) is 23.7 Å². The summed E-state index contributed by atoms with van der Waals surface area (Å²) in [5, 5.41) is 0.595. The molecule has 0 atom stereocenters. The lowest BCUT2D eigenvalue weighted by molar-refractivity contribution is 0.301. The van der Waals surface area contributed by atoms with E-state index in [9.17, 15) is 0 Å². The van der Waals surface area contributed by atoms with Gasteiger partial charge in [-0.25, -0.2) is 4.98 Å². The molecule has 0 saturated carbocycles. The molecule has 78 valence electrons. The van der Waals surface area contributed by atoms with Gasteiger partial charge in [0, 0.05) is 6.92 Å². The fraction of sp³-hybridized carbons (Fsp3) is 0.182. The first-order chi connectivity index (χ1) is 7.25. The van der Waals surface area contributed by atoms with Crippen LogP contribution in [0.5, 0.6) is 5.75 Å². The van der Waals surface area contributed by atoms with Gasteiger partial charge in [0.25, 0.3) is 0 Å². The molecule has 1 aromatic heterocycles. The number of nitrogens with zero attached hydrogens (tertiary/aromatic N) is 1. The zero-order chi connectivity index (χ0) is 10.7. The Kier molecular flexibility index (Phi) is 2.92. The van der Waals surface area contributed by atoms with Crippen molar-refractivity contribution in [3.63, 3.8) is 0 Å². The summed E-state index contributed by atoms with van der Waals surface area (Å²) >= 11 is 5.93. The van der Waals surface area contributed by atoms with Crippen molar-refractivity contribution in [2.75, 3.05) is 0 Å². The first kappa shape index (κ1) is 10.1. The lowest BCUT2D eigenvalue weighted by Gasteiger charge is -2.04. The molecule has 0 aliphatic heterocycles. The molecule has 4 heteroatoms. The number of benzene rings is 1. The van der Waals surface area contributed by atoms with Crippen LogP contribution in [-0.4, -0.2) is 4.98 Å². The molecule has 0 aliphatic rings. The fourth-order valence-electron chi connectivity index (χ4n) is 1.19. The van der Waals surface area contributed by atoms with E-state index in [4.69, 9.17) is 20.8 Å². The SMILES string of the molecule is Cc1nc(COc2ccccc2Cl)co1. The number of hydrogen-bond acceptors (Lipinski definition) is 3. The van der Waals surface area contributed by atoms with Crippen molar-refractivity contribution in [2.24, 2.45) is 0 Å². The minimum Gasteiger partial charge on any atom is -0.486 e. The number of aryl methyl sites for hydroxylation is 1. The predicted molar refractivity (Wildman–Crippen MR) is 57.0 cm³/mol. The molecule has 2 aromatic rings. The lowest BCUT2D eigenvalue weighted by Crippen LogP contribution is -1.96. The Labute approximate surface area is 92.6 Å². The van der Waals surface area contributed by atoms with E-state index in [2.05, 4.69) is 4.98 Å². The molecule has 0 amide bonds. The Hall–Kier alpha value is -1.48. The highest BCUT2D eigenvalue weighted by atomic mass is 35.5. The van der Waals surface area contributed by atoms with Gasteiger partial charge in [-0.3, -0.25) is 0 Å². The third-order valence-corrected chi connectivity index (χ3v) is 2.19. The van der Waals surface area contributed by atoms with Gasteiger partial charge in [-0.15, -0.1) is 0 Å². The van der Waals surface area contributed by atoms with Gasteiger partial charge in [0.15, 0.2) is 5.89 Å². The van der Waals surface area contributed by atoms with Gasteiger partial charge in [0.05, 0.1) is 5.02 Å². The van der Waals surface area contributed by atoms with Crippen LogP contribution in [0.3, 0.4) is 0 Å². The third-order valence-electron chi connectivity index (χ3n) is 1.88. The maximum atomic E-state index is 5.93. The molecule has 0 aliphatic carbocycles. The molecule has 0 spiro atoms. The molecular formula is C11H10ClNO2. The number of halogens is 1.